The Balaban J connectivity index is 1.39. The molecule has 2 aromatic rings. The van der Waals surface area contributed by atoms with Crippen LogP contribution in [0.1, 0.15) is 29.5 Å². The molecule has 2 aromatic carbocycles. The molecule has 2 aliphatic carbocycles. The van der Waals surface area contributed by atoms with Crippen LogP contribution in [0.15, 0.2) is 42.0 Å². The quantitative estimate of drug-likeness (QED) is 0.734. The van der Waals surface area contributed by atoms with Crippen LogP contribution >= 0.6 is 0 Å². The molecule has 1 atom stereocenters. The molecule has 2 fully saturated rings. The number of carbonyl (C=O) groups is 1. The number of hydrogen-bond donors (Lipinski definition) is 1. The summed E-state index contributed by atoms with van der Waals surface area (Å²) in [5.74, 6) is 0.246. The largest absolute Gasteiger partial charge is 0.497 e. The number of aliphatic hydroxyl groups is 1. The number of hydrogen-bond acceptors (Lipinski definition) is 4. The number of likely N-dealkylation sites (tertiary alicyclic amines) is 1. The summed E-state index contributed by atoms with van der Waals surface area (Å²) in [7, 11) is 1.64. The molecular weight excluding hydrogens is 438 g/mol. The van der Waals surface area contributed by atoms with Crippen molar-refractivity contribution in [3.05, 3.63) is 70.3 Å². The first kappa shape index (κ1) is 21.7. The Bertz CT molecular complexity index is 1200. The maximum atomic E-state index is 14.5. The molecular formula is C27H28F2N2O3. The lowest BCUT2D eigenvalue weighted by Gasteiger charge is -2.57. The molecule has 0 aromatic heterocycles. The van der Waals surface area contributed by atoms with Gasteiger partial charge in [-0.1, -0.05) is 6.07 Å². The number of carbonyl (C=O) groups excluding carboxylic acids is 1. The van der Waals surface area contributed by atoms with E-state index in [0.717, 1.165) is 47.4 Å². The maximum absolute atomic E-state index is 14.5. The molecule has 1 saturated carbocycles. The van der Waals surface area contributed by atoms with Gasteiger partial charge in [0, 0.05) is 43.1 Å². The molecule has 1 spiro atoms. The van der Waals surface area contributed by atoms with Crippen molar-refractivity contribution < 1.29 is 23.4 Å². The lowest BCUT2D eigenvalue weighted by molar-refractivity contribution is -0.143. The van der Waals surface area contributed by atoms with E-state index in [1.165, 1.54) is 11.6 Å². The van der Waals surface area contributed by atoms with E-state index in [9.17, 15) is 18.7 Å². The third kappa shape index (κ3) is 3.36. The SMILES string of the molecule is COc1ccc2c(c1)CC1=C2C2(CN(C(=O)C3CC3)C2)CN(Cc2cc(F)ccc2F)C1CO. The smallest absolute Gasteiger partial charge is 0.225 e. The van der Waals surface area contributed by atoms with Crippen molar-refractivity contribution in [3.63, 3.8) is 0 Å². The molecule has 7 heteroatoms. The summed E-state index contributed by atoms with van der Waals surface area (Å²) in [5.41, 5.74) is 4.64. The van der Waals surface area contributed by atoms with E-state index in [1.54, 1.807) is 7.11 Å². The number of methoxy groups -OCH3 is 1. The molecule has 1 unspecified atom stereocenters. The van der Waals surface area contributed by atoms with E-state index in [4.69, 9.17) is 4.74 Å². The fourth-order valence-corrected chi connectivity index (χ4v) is 6.22. The summed E-state index contributed by atoms with van der Waals surface area (Å²) < 4.78 is 33.9. The summed E-state index contributed by atoms with van der Waals surface area (Å²) in [4.78, 5) is 16.8. The highest BCUT2D eigenvalue weighted by Crippen LogP contribution is 2.55. The number of aliphatic hydroxyl groups excluding tert-OH is 1. The van der Waals surface area contributed by atoms with Gasteiger partial charge in [-0.2, -0.15) is 0 Å². The average Bonchev–Trinajstić information content (AvgIpc) is 3.59. The average molecular weight is 467 g/mol. The molecule has 1 N–H and O–H groups in total. The highest BCUT2D eigenvalue weighted by atomic mass is 19.1. The van der Waals surface area contributed by atoms with Crippen LogP contribution in [0.4, 0.5) is 8.78 Å². The van der Waals surface area contributed by atoms with Crippen LogP contribution in [0.25, 0.3) is 5.57 Å². The lowest BCUT2D eigenvalue weighted by atomic mass is 9.66. The second-order valence-corrected chi connectivity index (χ2v) is 10.2. The van der Waals surface area contributed by atoms with Gasteiger partial charge in [0.15, 0.2) is 0 Å². The van der Waals surface area contributed by atoms with Gasteiger partial charge in [-0.25, -0.2) is 8.78 Å². The summed E-state index contributed by atoms with van der Waals surface area (Å²) >= 11 is 0. The van der Waals surface area contributed by atoms with Gasteiger partial charge in [-0.05, 0) is 71.9 Å². The van der Waals surface area contributed by atoms with Gasteiger partial charge < -0.3 is 14.7 Å². The van der Waals surface area contributed by atoms with Crippen LogP contribution in [-0.4, -0.2) is 60.2 Å². The summed E-state index contributed by atoms with van der Waals surface area (Å²) in [6.07, 6.45) is 2.61. The zero-order valence-electron chi connectivity index (χ0n) is 19.2. The fourth-order valence-electron chi connectivity index (χ4n) is 6.22. The molecule has 5 nitrogen and oxygen atoms in total. The van der Waals surface area contributed by atoms with Crippen LogP contribution in [-0.2, 0) is 17.8 Å². The summed E-state index contributed by atoms with van der Waals surface area (Å²) in [6.45, 7) is 1.90. The molecule has 1 amide bonds. The fraction of sp³-hybridized carbons (Fsp3) is 0.444. The Morgan fingerprint density at radius 2 is 1.94 bits per heavy atom. The van der Waals surface area contributed by atoms with E-state index < -0.39 is 11.6 Å². The molecule has 178 valence electrons. The van der Waals surface area contributed by atoms with Crippen LogP contribution in [0, 0.1) is 23.0 Å². The van der Waals surface area contributed by atoms with Crippen molar-refractivity contribution in [1.29, 1.82) is 0 Å². The van der Waals surface area contributed by atoms with E-state index in [1.807, 2.05) is 17.0 Å². The normalized spacial score (nSPS) is 23.1. The number of ether oxygens (including phenoxy) is 1. The molecule has 6 rings (SSSR count). The van der Waals surface area contributed by atoms with E-state index >= 15 is 0 Å². The molecule has 4 aliphatic rings. The molecule has 34 heavy (non-hydrogen) atoms. The van der Waals surface area contributed by atoms with Crippen molar-refractivity contribution in [1.82, 2.24) is 9.80 Å². The van der Waals surface area contributed by atoms with Gasteiger partial charge >= 0.3 is 0 Å². The van der Waals surface area contributed by atoms with Gasteiger partial charge in [0.25, 0.3) is 0 Å². The standard InChI is InChI=1S/C27H28F2N2O3/c1-34-20-5-6-21-17(9-20)10-22-24(12-32)30(11-18-8-19(28)4-7-23(18)29)13-27(25(21)22)14-31(15-27)26(33)16-2-3-16/h4-9,16,24,32H,2-3,10-15H2,1H3. The first-order chi connectivity index (χ1) is 16.4. The monoisotopic (exact) mass is 466 g/mol. The lowest BCUT2D eigenvalue weighted by Crippen LogP contribution is -2.66. The Labute approximate surface area is 197 Å². The molecule has 2 heterocycles. The number of benzene rings is 2. The highest BCUT2D eigenvalue weighted by molar-refractivity contribution is 5.87. The minimum absolute atomic E-state index is 0.109. The topological polar surface area (TPSA) is 53.0 Å². The minimum atomic E-state index is -0.478. The number of rotatable bonds is 5. The van der Waals surface area contributed by atoms with Gasteiger partial charge in [0.2, 0.25) is 5.91 Å². The van der Waals surface area contributed by atoms with Gasteiger partial charge in [-0.15, -0.1) is 0 Å². The number of halogens is 2. The van der Waals surface area contributed by atoms with Crippen molar-refractivity contribution in [2.24, 2.45) is 11.3 Å². The van der Waals surface area contributed by atoms with Gasteiger partial charge in [0.05, 0.1) is 19.8 Å². The van der Waals surface area contributed by atoms with Crippen molar-refractivity contribution >= 4 is 11.5 Å². The van der Waals surface area contributed by atoms with Crippen molar-refractivity contribution in [3.8, 4) is 5.75 Å². The highest BCUT2D eigenvalue weighted by Gasteiger charge is 2.56. The predicted octanol–water partition coefficient (Wildman–Crippen LogP) is 3.40. The second kappa shape index (κ2) is 7.89. The number of fused-ring (bicyclic) bond motifs is 3. The Morgan fingerprint density at radius 3 is 2.65 bits per heavy atom. The maximum Gasteiger partial charge on any atom is 0.225 e. The molecule has 2 aliphatic heterocycles. The summed E-state index contributed by atoms with van der Waals surface area (Å²) in [5, 5.41) is 10.4. The molecule has 1 saturated heterocycles. The minimum Gasteiger partial charge on any atom is -0.497 e. The van der Waals surface area contributed by atoms with Crippen LogP contribution in [0.2, 0.25) is 0 Å². The first-order valence-electron chi connectivity index (χ1n) is 11.9. The Morgan fingerprint density at radius 1 is 1.15 bits per heavy atom. The van der Waals surface area contributed by atoms with Crippen LogP contribution in [0.3, 0.4) is 0 Å². The van der Waals surface area contributed by atoms with E-state index in [2.05, 4.69) is 11.0 Å². The van der Waals surface area contributed by atoms with E-state index in [0.29, 0.717) is 26.1 Å². The third-order valence-corrected chi connectivity index (χ3v) is 7.94. The zero-order valence-corrected chi connectivity index (χ0v) is 19.2. The van der Waals surface area contributed by atoms with Crippen molar-refractivity contribution in [2.45, 2.75) is 31.8 Å². The number of amides is 1. The number of nitrogens with zero attached hydrogens (tertiary/aromatic N) is 2. The molecule has 0 radical (unpaired) electrons. The summed E-state index contributed by atoms with van der Waals surface area (Å²) in [6, 6.07) is 9.29. The molecule has 0 bridgehead atoms. The first-order valence-corrected chi connectivity index (χ1v) is 11.9. The zero-order chi connectivity index (χ0) is 23.6. The van der Waals surface area contributed by atoms with E-state index in [-0.39, 0.29) is 42.0 Å². The Hall–Kier alpha value is -2.77. The van der Waals surface area contributed by atoms with Crippen LogP contribution < -0.4 is 4.74 Å². The van der Waals surface area contributed by atoms with Crippen LogP contribution in [0.5, 0.6) is 5.75 Å². The second-order valence-electron chi connectivity index (χ2n) is 10.2. The van der Waals surface area contributed by atoms with Gasteiger partial charge in [0.1, 0.15) is 17.4 Å². The Kier molecular flexibility index (Phi) is 5.04. The third-order valence-electron chi connectivity index (χ3n) is 7.94. The van der Waals surface area contributed by atoms with Gasteiger partial charge in [-0.3, -0.25) is 9.69 Å². The van der Waals surface area contributed by atoms with Crippen molar-refractivity contribution in [2.75, 3.05) is 33.4 Å². The predicted molar refractivity (Wildman–Crippen MR) is 123 cm³/mol.